The van der Waals surface area contributed by atoms with E-state index < -0.39 is 0 Å². The maximum absolute atomic E-state index is 7.31. The molecule has 1 atom stereocenters. The first-order chi connectivity index (χ1) is 9.80. The molecule has 1 N–H and O–H groups in total. The molecule has 0 aromatic carbocycles. The number of allylic oxidation sites excluding steroid dienone is 8. The summed E-state index contributed by atoms with van der Waals surface area (Å²) in [5, 5.41) is 7.31. The second kappa shape index (κ2) is 10.4. The largest absolute Gasteiger partial charge is 0.309 e. The number of hydrogen-bond acceptors (Lipinski definition) is 1. The van der Waals surface area contributed by atoms with Crippen molar-refractivity contribution in [1.82, 2.24) is 0 Å². The molecule has 0 saturated carbocycles. The van der Waals surface area contributed by atoms with Crippen LogP contribution < -0.4 is 0 Å². The van der Waals surface area contributed by atoms with E-state index in [0.717, 1.165) is 25.7 Å². The zero-order valence-corrected chi connectivity index (χ0v) is 13.1. The highest BCUT2D eigenvalue weighted by molar-refractivity contribution is 5.68. The Kier molecular flexibility index (Phi) is 8.69. The summed E-state index contributed by atoms with van der Waals surface area (Å²) in [5.41, 5.74) is 2.90. The summed E-state index contributed by atoms with van der Waals surface area (Å²) in [6.07, 6.45) is 23.0. The van der Waals surface area contributed by atoms with Crippen LogP contribution in [0.1, 0.15) is 58.8 Å². The minimum absolute atomic E-state index is 0.484. The highest BCUT2D eigenvalue weighted by Gasteiger charge is 2.06. The number of unbranched alkanes of at least 4 members (excludes halogenated alkanes) is 2. The maximum atomic E-state index is 7.31. The molecule has 0 bridgehead atoms. The van der Waals surface area contributed by atoms with Crippen LogP contribution in [-0.2, 0) is 0 Å². The van der Waals surface area contributed by atoms with E-state index in [1.807, 2.05) is 6.08 Å². The molecule has 0 saturated heterocycles. The molecule has 0 heterocycles. The van der Waals surface area contributed by atoms with Crippen molar-refractivity contribution in [3.05, 3.63) is 47.6 Å². The molecule has 1 rings (SSSR count). The van der Waals surface area contributed by atoms with E-state index >= 15 is 0 Å². The molecule has 1 aliphatic carbocycles. The van der Waals surface area contributed by atoms with Gasteiger partial charge in [0.05, 0.1) is 0 Å². The van der Waals surface area contributed by atoms with Crippen LogP contribution >= 0.6 is 0 Å². The van der Waals surface area contributed by atoms with E-state index in [4.69, 9.17) is 5.41 Å². The van der Waals surface area contributed by atoms with Gasteiger partial charge in [0, 0.05) is 6.21 Å². The van der Waals surface area contributed by atoms with Crippen LogP contribution in [0.5, 0.6) is 0 Å². The first-order valence-corrected chi connectivity index (χ1v) is 8.01. The number of rotatable bonds is 8. The maximum Gasteiger partial charge on any atom is 0.0177 e. The first kappa shape index (κ1) is 16.7. The third kappa shape index (κ3) is 6.70. The standard InChI is InChI=1S/C19H29N/c1-3-5-6-9-19(14-15-20)16-18-12-7-10-17(4-2)11-8-13-18/h7-8,10,12-15,18,20H,3-6,9,11,16H2,1-2H3/b12-7?,13-8-,17-10-,19-14-,20-15?. The molecule has 20 heavy (non-hydrogen) atoms. The Labute approximate surface area is 124 Å². The second-order valence-electron chi connectivity index (χ2n) is 5.51. The van der Waals surface area contributed by atoms with Crippen molar-refractivity contribution in [2.75, 3.05) is 0 Å². The van der Waals surface area contributed by atoms with E-state index in [2.05, 4.69) is 44.2 Å². The number of nitrogens with one attached hydrogen (secondary N) is 1. The topological polar surface area (TPSA) is 23.9 Å². The monoisotopic (exact) mass is 271 g/mol. The lowest BCUT2D eigenvalue weighted by Gasteiger charge is -2.13. The Morgan fingerprint density at radius 3 is 2.85 bits per heavy atom. The summed E-state index contributed by atoms with van der Waals surface area (Å²) in [6.45, 7) is 4.45. The summed E-state index contributed by atoms with van der Waals surface area (Å²) in [5.74, 6) is 0.484. The van der Waals surface area contributed by atoms with Gasteiger partial charge in [-0.2, -0.15) is 0 Å². The van der Waals surface area contributed by atoms with Gasteiger partial charge in [-0.1, -0.05) is 68.2 Å². The van der Waals surface area contributed by atoms with Crippen LogP contribution in [0.15, 0.2) is 47.6 Å². The lowest BCUT2D eigenvalue weighted by molar-refractivity contribution is 0.673. The van der Waals surface area contributed by atoms with Gasteiger partial charge < -0.3 is 5.41 Å². The normalized spacial score (nSPS) is 23.6. The fourth-order valence-corrected chi connectivity index (χ4v) is 2.54. The molecular weight excluding hydrogens is 242 g/mol. The van der Waals surface area contributed by atoms with Gasteiger partial charge in [-0.05, 0) is 44.1 Å². The van der Waals surface area contributed by atoms with Gasteiger partial charge in [0.25, 0.3) is 0 Å². The van der Waals surface area contributed by atoms with Crippen LogP contribution in [0.4, 0.5) is 0 Å². The second-order valence-corrected chi connectivity index (χ2v) is 5.51. The van der Waals surface area contributed by atoms with Gasteiger partial charge in [0.1, 0.15) is 0 Å². The third-order valence-electron chi connectivity index (χ3n) is 3.83. The van der Waals surface area contributed by atoms with Gasteiger partial charge in [-0.15, -0.1) is 0 Å². The highest BCUT2D eigenvalue weighted by atomic mass is 14.3. The lowest BCUT2D eigenvalue weighted by Crippen LogP contribution is -1.98. The van der Waals surface area contributed by atoms with E-state index in [9.17, 15) is 0 Å². The molecule has 0 fully saturated rings. The first-order valence-electron chi connectivity index (χ1n) is 8.01. The van der Waals surface area contributed by atoms with Crippen molar-refractivity contribution >= 4 is 6.21 Å². The van der Waals surface area contributed by atoms with Crippen LogP contribution in [-0.4, -0.2) is 6.21 Å². The van der Waals surface area contributed by atoms with Crippen LogP contribution in [0.3, 0.4) is 0 Å². The van der Waals surface area contributed by atoms with Crippen LogP contribution in [0, 0.1) is 11.3 Å². The van der Waals surface area contributed by atoms with E-state index in [0.29, 0.717) is 5.92 Å². The molecule has 0 radical (unpaired) electrons. The lowest BCUT2D eigenvalue weighted by atomic mass is 9.92. The molecule has 0 aliphatic heterocycles. The number of hydrogen-bond donors (Lipinski definition) is 1. The fraction of sp³-hybridized carbons (Fsp3) is 0.526. The van der Waals surface area contributed by atoms with Crippen molar-refractivity contribution in [2.45, 2.75) is 58.8 Å². The van der Waals surface area contributed by atoms with E-state index in [1.54, 1.807) is 0 Å². The summed E-state index contributed by atoms with van der Waals surface area (Å²) in [7, 11) is 0. The summed E-state index contributed by atoms with van der Waals surface area (Å²) in [6, 6.07) is 0. The Morgan fingerprint density at radius 2 is 2.15 bits per heavy atom. The smallest absolute Gasteiger partial charge is 0.0177 e. The molecule has 1 aliphatic rings. The van der Waals surface area contributed by atoms with Gasteiger partial charge in [0.15, 0.2) is 0 Å². The van der Waals surface area contributed by atoms with Crippen molar-refractivity contribution < 1.29 is 0 Å². The molecule has 1 heteroatoms. The predicted molar refractivity (Wildman–Crippen MR) is 90.4 cm³/mol. The molecule has 0 aromatic rings. The molecule has 0 aromatic heterocycles. The van der Waals surface area contributed by atoms with Gasteiger partial charge >= 0.3 is 0 Å². The summed E-state index contributed by atoms with van der Waals surface area (Å²) in [4.78, 5) is 0. The van der Waals surface area contributed by atoms with Crippen molar-refractivity contribution in [3.63, 3.8) is 0 Å². The Hall–Kier alpha value is -1.37. The predicted octanol–water partition coefficient (Wildman–Crippen LogP) is 6.00. The highest BCUT2D eigenvalue weighted by Crippen LogP contribution is 2.22. The molecule has 0 spiro atoms. The van der Waals surface area contributed by atoms with Gasteiger partial charge in [0.2, 0.25) is 0 Å². The average Bonchev–Trinajstić information content (AvgIpc) is 2.42. The van der Waals surface area contributed by atoms with Crippen LogP contribution in [0.25, 0.3) is 0 Å². The molecule has 0 amide bonds. The Morgan fingerprint density at radius 1 is 1.30 bits per heavy atom. The zero-order valence-electron chi connectivity index (χ0n) is 13.1. The minimum Gasteiger partial charge on any atom is -0.309 e. The van der Waals surface area contributed by atoms with E-state index in [-0.39, 0.29) is 0 Å². The quantitative estimate of drug-likeness (QED) is 0.318. The summed E-state index contributed by atoms with van der Waals surface area (Å²) < 4.78 is 0. The third-order valence-corrected chi connectivity index (χ3v) is 3.83. The minimum atomic E-state index is 0.484. The summed E-state index contributed by atoms with van der Waals surface area (Å²) >= 11 is 0. The Bertz CT molecular complexity index is 396. The molecule has 110 valence electrons. The SMILES string of the molecule is CCCCC/C(=C/C=N)CC1C=C/C=C(/CC)C/C=C\1. The van der Waals surface area contributed by atoms with E-state index in [1.165, 1.54) is 36.6 Å². The van der Waals surface area contributed by atoms with Gasteiger partial charge in [-0.25, -0.2) is 0 Å². The zero-order chi connectivity index (χ0) is 14.6. The average molecular weight is 271 g/mol. The Balaban J connectivity index is 2.60. The van der Waals surface area contributed by atoms with Gasteiger partial charge in [-0.3, -0.25) is 0 Å². The van der Waals surface area contributed by atoms with Crippen molar-refractivity contribution in [2.24, 2.45) is 5.92 Å². The fourth-order valence-electron chi connectivity index (χ4n) is 2.54. The molecule has 1 nitrogen and oxygen atoms in total. The van der Waals surface area contributed by atoms with Crippen LogP contribution in [0.2, 0.25) is 0 Å². The molecular formula is C19H29N. The van der Waals surface area contributed by atoms with Crippen molar-refractivity contribution in [3.8, 4) is 0 Å². The molecule has 1 unspecified atom stereocenters. The van der Waals surface area contributed by atoms with Crippen molar-refractivity contribution in [1.29, 1.82) is 5.41 Å².